The Hall–Kier alpha value is -2.02. The van der Waals surface area contributed by atoms with Gasteiger partial charge in [0.1, 0.15) is 11.4 Å². The summed E-state index contributed by atoms with van der Waals surface area (Å²) in [4.78, 5) is 22.2. The Morgan fingerprint density at radius 3 is 2.65 bits per heavy atom. The van der Waals surface area contributed by atoms with E-state index in [2.05, 4.69) is 5.32 Å². The van der Waals surface area contributed by atoms with Gasteiger partial charge in [-0.15, -0.1) is 0 Å². The molecule has 0 spiro atoms. The van der Waals surface area contributed by atoms with E-state index in [0.29, 0.717) is 12.3 Å². The largest absolute Gasteiger partial charge is 0.348 e. The van der Waals surface area contributed by atoms with Gasteiger partial charge in [0.25, 0.3) is 11.6 Å². The van der Waals surface area contributed by atoms with Crippen molar-refractivity contribution >= 4 is 11.6 Å². The van der Waals surface area contributed by atoms with Crippen LogP contribution in [-0.2, 0) is 0 Å². The van der Waals surface area contributed by atoms with Crippen molar-refractivity contribution in [1.29, 1.82) is 0 Å². The Labute approximate surface area is 116 Å². The average Bonchev–Trinajstić information content (AvgIpc) is 2.36. The molecule has 0 bridgehead atoms. The van der Waals surface area contributed by atoms with Crippen molar-refractivity contribution < 1.29 is 14.1 Å². The fourth-order valence-electron chi connectivity index (χ4n) is 1.90. The molecule has 0 saturated heterocycles. The second kappa shape index (κ2) is 6.95. The number of hydrogen-bond acceptors (Lipinski definition) is 4. The minimum Gasteiger partial charge on any atom is -0.348 e. The third-order valence-corrected chi connectivity index (χ3v) is 2.78. The molecule has 1 aromatic rings. The number of amides is 1. The zero-order chi connectivity index (χ0) is 15.3. The molecule has 110 valence electrons. The van der Waals surface area contributed by atoms with Crippen molar-refractivity contribution in [2.45, 2.75) is 26.3 Å². The highest BCUT2D eigenvalue weighted by molar-refractivity contribution is 5.98. The number of nitro groups is 1. The molecule has 0 saturated carbocycles. The van der Waals surface area contributed by atoms with E-state index in [4.69, 9.17) is 5.73 Å². The molecule has 3 N–H and O–H groups in total. The van der Waals surface area contributed by atoms with Crippen LogP contribution in [0, 0.1) is 21.8 Å². The lowest BCUT2D eigenvalue weighted by molar-refractivity contribution is -0.385. The molecule has 1 unspecified atom stereocenters. The molecular formula is C13H18FN3O3. The van der Waals surface area contributed by atoms with Crippen LogP contribution in [0.25, 0.3) is 0 Å². The summed E-state index contributed by atoms with van der Waals surface area (Å²) >= 11 is 0. The summed E-state index contributed by atoms with van der Waals surface area (Å²) in [6.07, 6.45) is 0.644. The number of hydrogen-bond donors (Lipinski definition) is 2. The van der Waals surface area contributed by atoms with Crippen LogP contribution in [0.1, 0.15) is 30.6 Å². The smallest absolute Gasteiger partial charge is 0.282 e. The SMILES string of the molecule is CC(C)CC(CN)NC(=O)c1cc(F)ccc1[N+](=O)[O-]. The molecule has 20 heavy (non-hydrogen) atoms. The van der Waals surface area contributed by atoms with Crippen molar-refractivity contribution in [1.82, 2.24) is 5.32 Å². The summed E-state index contributed by atoms with van der Waals surface area (Å²) in [7, 11) is 0. The van der Waals surface area contributed by atoms with E-state index in [1.54, 1.807) is 0 Å². The topological polar surface area (TPSA) is 98.3 Å². The quantitative estimate of drug-likeness (QED) is 0.614. The molecule has 0 aliphatic rings. The van der Waals surface area contributed by atoms with Gasteiger partial charge < -0.3 is 11.1 Å². The van der Waals surface area contributed by atoms with Crippen molar-refractivity contribution in [3.8, 4) is 0 Å². The third kappa shape index (κ3) is 4.27. The maximum Gasteiger partial charge on any atom is 0.282 e. The molecule has 7 heteroatoms. The third-order valence-electron chi connectivity index (χ3n) is 2.78. The summed E-state index contributed by atoms with van der Waals surface area (Å²) < 4.78 is 13.2. The number of carbonyl (C=O) groups is 1. The van der Waals surface area contributed by atoms with Gasteiger partial charge in [-0.05, 0) is 24.5 Å². The van der Waals surface area contributed by atoms with Gasteiger partial charge in [-0.25, -0.2) is 4.39 Å². The number of nitro benzene ring substituents is 1. The second-order valence-corrected chi connectivity index (χ2v) is 4.95. The van der Waals surface area contributed by atoms with Gasteiger partial charge >= 0.3 is 0 Å². The molecule has 0 radical (unpaired) electrons. The monoisotopic (exact) mass is 283 g/mol. The van der Waals surface area contributed by atoms with Crippen molar-refractivity contribution in [3.63, 3.8) is 0 Å². The number of nitrogens with one attached hydrogen (secondary N) is 1. The summed E-state index contributed by atoms with van der Waals surface area (Å²) in [6, 6.07) is 2.48. The minimum absolute atomic E-state index is 0.215. The minimum atomic E-state index is -0.714. The van der Waals surface area contributed by atoms with E-state index in [9.17, 15) is 19.3 Å². The summed E-state index contributed by atoms with van der Waals surface area (Å²) in [5.41, 5.74) is 4.83. The first-order valence-corrected chi connectivity index (χ1v) is 6.30. The van der Waals surface area contributed by atoms with Gasteiger partial charge in [0.2, 0.25) is 0 Å². The fraction of sp³-hybridized carbons (Fsp3) is 0.462. The lowest BCUT2D eigenvalue weighted by atomic mass is 10.0. The number of nitrogens with two attached hydrogens (primary N) is 1. The number of rotatable bonds is 6. The van der Waals surface area contributed by atoms with E-state index >= 15 is 0 Å². The highest BCUT2D eigenvalue weighted by atomic mass is 19.1. The van der Waals surface area contributed by atoms with Gasteiger partial charge in [0, 0.05) is 18.7 Å². The van der Waals surface area contributed by atoms with Crippen molar-refractivity contribution in [2.24, 2.45) is 11.7 Å². The first-order valence-electron chi connectivity index (χ1n) is 6.30. The lowest BCUT2D eigenvalue weighted by Gasteiger charge is -2.18. The fourth-order valence-corrected chi connectivity index (χ4v) is 1.90. The average molecular weight is 283 g/mol. The predicted molar refractivity (Wildman–Crippen MR) is 72.8 cm³/mol. The van der Waals surface area contributed by atoms with Gasteiger partial charge in [0.05, 0.1) is 4.92 Å². The van der Waals surface area contributed by atoms with Crippen LogP contribution >= 0.6 is 0 Å². The first kappa shape index (κ1) is 16.0. The highest BCUT2D eigenvalue weighted by Crippen LogP contribution is 2.19. The van der Waals surface area contributed by atoms with Gasteiger partial charge in [0.15, 0.2) is 0 Å². The Morgan fingerprint density at radius 1 is 1.50 bits per heavy atom. The first-order chi connectivity index (χ1) is 9.35. The zero-order valence-electron chi connectivity index (χ0n) is 11.4. The number of halogens is 1. The molecule has 1 amide bonds. The molecule has 1 aromatic carbocycles. The number of carbonyl (C=O) groups excluding carboxylic acids is 1. The van der Waals surface area contributed by atoms with Crippen LogP contribution in [0.3, 0.4) is 0 Å². The van der Waals surface area contributed by atoms with Crippen molar-refractivity contribution in [2.75, 3.05) is 6.54 Å². The lowest BCUT2D eigenvalue weighted by Crippen LogP contribution is -2.41. The van der Waals surface area contributed by atoms with Crippen LogP contribution in [0.5, 0.6) is 0 Å². The van der Waals surface area contributed by atoms with E-state index in [1.807, 2.05) is 13.8 Å². The molecule has 0 aromatic heterocycles. The molecule has 0 fully saturated rings. The van der Waals surface area contributed by atoms with Crippen LogP contribution in [0.4, 0.5) is 10.1 Å². The van der Waals surface area contributed by atoms with Crippen LogP contribution in [0.15, 0.2) is 18.2 Å². The van der Waals surface area contributed by atoms with E-state index in [1.165, 1.54) is 0 Å². The number of nitrogens with zero attached hydrogens (tertiary/aromatic N) is 1. The Morgan fingerprint density at radius 2 is 2.15 bits per heavy atom. The van der Waals surface area contributed by atoms with E-state index in [0.717, 1.165) is 18.2 Å². The highest BCUT2D eigenvalue weighted by Gasteiger charge is 2.23. The Kier molecular flexibility index (Phi) is 5.57. The molecule has 0 heterocycles. The maximum atomic E-state index is 13.2. The molecule has 1 atom stereocenters. The predicted octanol–water partition coefficient (Wildman–Crippen LogP) is 1.84. The molecule has 6 nitrogen and oxygen atoms in total. The maximum absolute atomic E-state index is 13.2. The molecule has 0 aliphatic carbocycles. The van der Waals surface area contributed by atoms with Crippen LogP contribution in [-0.4, -0.2) is 23.4 Å². The van der Waals surface area contributed by atoms with Gasteiger partial charge in [-0.2, -0.15) is 0 Å². The van der Waals surface area contributed by atoms with Crippen molar-refractivity contribution in [3.05, 3.63) is 39.7 Å². The normalized spacial score (nSPS) is 12.2. The summed E-state index contributed by atoms with van der Waals surface area (Å²) in [6.45, 7) is 4.16. The van der Waals surface area contributed by atoms with Gasteiger partial charge in [-0.3, -0.25) is 14.9 Å². The van der Waals surface area contributed by atoms with Crippen LogP contribution < -0.4 is 11.1 Å². The molecule has 1 rings (SSSR count). The summed E-state index contributed by atoms with van der Waals surface area (Å²) in [5, 5.41) is 13.5. The van der Waals surface area contributed by atoms with E-state index in [-0.39, 0.29) is 18.2 Å². The summed E-state index contributed by atoms with van der Waals surface area (Å²) in [5.74, 6) is -1.08. The van der Waals surface area contributed by atoms with Gasteiger partial charge in [-0.1, -0.05) is 13.8 Å². The van der Waals surface area contributed by atoms with E-state index < -0.39 is 22.3 Å². The molecular weight excluding hydrogens is 265 g/mol. The van der Waals surface area contributed by atoms with Crippen LogP contribution in [0.2, 0.25) is 0 Å². The number of benzene rings is 1. The second-order valence-electron chi connectivity index (χ2n) is 4.95. The Balaban J connectivity index is 2.96. The zero-order valence-corrected chi connectivity index (χ0v) is 11.4. The standard InChI is InChI=1S/C13H18FN3O3/c1-8(2)5-10(7-15)16-13(18)11-6-9(14)3-4-12(11)17(19)20/h3-4,6,8,10H,5,7,15H2,1-2H3,(H,16,18). The molecule has 0 aliphatic heterocycles. The Bertz CT molecular complexity index is 506.